The van der Waals surface area contributed by atoms with E-state index in [1.165, 1.54) is 12.1 Å². The number of piperidine rings is 1. The summed E-state index contributed by atoms with van der Waals surface area (Å²) in [6, 6.07) is 8.68. The first-order chi connectivity index (χ1) is 18.4. The number of alkyl halides is 3. The molecule has 3 rings (SSSR count). The quantitative estimate of drug-likeness (QED) is 0.294. The summed E-state index contributed by atoms with van der Waals surface area (Å²) >= 11 is 0. The van der Waals surface area contributed by atoms with Crippen molar-refractivity contribution in [2.24, 2.45) is 0 Å². The Labute approximate surface area is 239 Å². The summed E-state index contributed by atoms with van der Waals surface area (Å²) in [5.74, 6) is 0.936. The minimum Gasteiger partial charge on any atom is -0.542 e. The normalized spacial score (nSPS) is 18.4. The second-order valence-electron chi connectivity index (χ2n) is 12.7. The molecule has 0 saturated carbocycles. The second-order valence-corrected chi connectivity index (χ2v) is 18.1. The van der Waals surface area contributed by atoms with Gasteiger partial charge in [-0.1, -0.05) is 53.7 Å². The van der Waals surface area contributed by atoms with E-state index in [1.807, 2.05) is 19.1 Å². The van der Waals surface area contributed by atoms with E-state index in [9.17, 15) is 23.4 Å². The van der Waals surface area contributed by atoms with E-state index in [0.717, 1.165) is 34.6 Å². The van der Waals surface area contributed by atoms with Crippen molar-refractivity contribution in [1.29, 1.82) is 0 Å². The highest BCUT2D eigenvalue weighted by Gasteiger charge is 2.47. The monoisotopic (exact) mass is 579 g/mol. The van der Waals surface area contributed by atoms with Crippen LogP contribution in [0, 0.1) is 13.8 Å². The fourth-order valence-corrected chi connectivity index (χ4v) is 12.3. The first kappa shape index (κ1) is 32.6. The molecule has 4 nitrogen and oxygen atoms in total. The standard InChI is InChI=1S/C32H48F3NO3Si/c1-20(2)40(21(3)4,22(5)6)39-30-23(7)18-26(19-24(30)8)29(37)25(9)36-16-14-31(38,15-17-36)27-10-12-28(13-11-27)32(33,34)35/h10-13,18-22,25,29,37-38H,14-17H2,1-9H3/t25-,29?/m1/s1. The number of aliphatic hydroxyl groups excluding tert-OH is 1. The fraction of sp³-hybridized carbons (Fsp3) is 0.625. The van der Waals surface area contributed by atoms with Crippen LogP contribution in [-0.4, -0.2) is 42.6 Å². The molecule has 1 unspecified atom stereocenters. The third-order valence-electron chi connectivity index (χ3n) is 9.22. The molecule has 0 aromatic heterocycles. The van der Waals surface area contributed by atoms with Crippen molar-refractivity contribution >= 4 is 8.32 Å². The van der Waals surface area contributed by atoms with Crippen LogP contribution >= 0.6 is 0 Å². The fourth-order valence-electron chi connectivity index (χ4n) is 6.88. The summed E-state index contributed by atoms with van der Waals surface area (Å²) in [4.78, 5) is 2.15. The third kappa shape index (κ3) is 6.45. The zero-order valence-electron chi connectivity index (χ0n) is 25.6. The Kier molecular flexibility index (Phi) is 9.92. The van der Waals surface area contributed by atoms with Crippen LogP contribution in [0.3, 0.4) is 0 Å². The van der Waals surface area contributed by atoms with Crippen molar-refractivity contribution in [2.75, 3.05) is 13.1 Å². The maximum Gasteiger partial charge on any atom is 0.416 e. The largest absolute Gasteiger partial charge is 0.542 e. The summed E-state index contributed by atoms with van der Waals surface area (Å²) in [5, 5.41) is 22.6. The molecule has 1 saturated heterocycles. The van der Waals surface area contributed by atoms with Crippen LogP contribution in [0.4, 0.5) is 13.2 Å². The molecule has 0 spiro atoms. The number of nitrogens with zero attached hydrogens (tertiary/aromatic N) is 1. The van der Waals surface area contributed by atoms with Gasteiger partial charge in [0.15, 0.2) is 0 Å². The Hall–Kier alpha value is -1.87. The van der Waals surface area contributed by atoms with Crippen molar-refractivity contribution in [1.82, 2.24) is 4.90 Å². The van der Waals surface area contributed by atoms with Gasteiger partial charge in [-0.15, -0.1) is 0 Å². The molecule has 8 heteroatoms. The van der Waals surface area contributed by atoms with Gasteiger partial charge < -0.3 is 14.6 Å². The van der Waals surface area contributed by atoms with Gasteiger partial charge in [0, 0.05) is 19.1 Å². The molecule has 2 atom stereocenters. The van der Waals surface area contributed by atoms with E-state index in [-0.39, 0.29) is 6.04 Å². The first-order valence-corrected chi connectivity index (χ1v) is 16.7. The highest BCUT2D eigenvalue weighted by atomic mass is 28.4. The topological polar surface area (TPSA) is 52.9 Å². The van der Waals surface area contributed by atoms with E-state index in [2.05, 4.69) is 60.3 Å². The van der Waals surface area contributed by atoms with Crippen molar-refractivity contribution in [3.8, 4) is 5.75 Å². The summed E-state index contributed by atoms with van der Waals surface area (Å²) in [6.07, 6.45) is -4.37. The molecule has 1 heterocycles. The van der Waals surface area contributed by atoms with Crippen LogP contribution in [0.5, 0.6) is 5.75 Å². The molecule has 0 aliphatic carbocycles. The van der Waals surface area contributed by atoms with Gasteiger partial charge in [0.2, 0.25) is 0 Å². The predicted octanol–water partition coefficient (Wildman–Crippen LogP) is 8.28. The van der Waals surface area contributed by atoms with Crippen LogP contribution in [0.15, 0.2) is 36.4 Å². The lowest BCUT2D eigenvalue weighted by molar-refractivity contribution is -0.137. The summed E-state index contributed by atoms with van der Waals surface area (Å²) in [7, 11) is -2.13. The average molecular weight is 580 g/mol. The van der Waals surface area contributed by atoms with Crippen LogP contribution in [0.2, 0.25) is 16.6 Å². The van der Waals surface area contributed by atoms with Gasteiger partial charge in [-0.3, -0.25) is 4.90 Å². The molecule has 2 aromatic rings. The summed E-state index contributed by atoms with van der Waals surface area (Å²) in [6.45, 7) is 20.8. The molecule has 1 fully saturated rings. The zero-order valence-corrected chi connectivity index (χ0v) is 26.6. The number of aliphatic hydroxyl groups is 2. The molecule has 2 aromatic carbocycles. The highest BCUT2D eigenvalue weighted by Crippen LogP contribution is 2.45. The van der Waals surface area contributed by atoms with Crippen molar-refractivity contribution in [3.63, 3.8) is 0 Å². The smallest absolute Gasteiger partial charge is 0.416 e. The molecule has 0 bridgehead atoms. The molecule has 1 aliphatic heterocycles. The lowest BCUT2D eigenvalue weighted by atomic mass is 9.83. The number of likely N-dealkylation sites (tertiary alicyclic amines) is 1. The summed E-state index contributed by atoms with van der Waals surface area (Å²) in [5.41, 5.74) is 2.85. The lowest BCUT2D eigenvalue weighted by Gasteiger charge is -2.43. The number of aryl methyl sites for hydroxylation is 2. The van der Waals surface area contributed by atoms with E-state index in [1.54, 1.807) is 0 Å². The van der Waals surface area contributed by atoms with Crippen LogP contribution in [-0.2, 0) is 11.8 Å². The predicted molar refractivity (Wildman–Crippen MR) is 158 cm³/mol. The van der Waals surface area contributed by atoms with Crippen LogP contribution < -0.4 is 4.43 Å². The average Bonchev–Trinajstić information content (AvgIpc) is 2.86. The molecule has 0 amide bonds. The van der Waals surface area contributed by atoms with E-state index < -0.39 is 31.8 Å². The molecule has 224 valence electrons. The Morgan fingerprint density at radius 2 is 1.30 bits per heavy atom. The van der Waals surface area contributed by atoms with Gasteiger partial charge in [0.25, 0.3) is 8.32 Å². The Morgan fingerprint density at radius 3 is 1.70 bits per heavy atom. The van der Waals surface area contributed by atoms with Crippen molar-refractivity contribution in [3.05, 3.63) is 64.2 Å². The molecular weight excluding hydrogens is 531 g/mol. The number of rotatable bonds is 9. The maximum absolute atomic E-state index is 13.0. The number of hydrogen-bond acceptors (Lipinski definition) is 4. The first-order valence-electron chi connectivity index (χ1n) is 14.6. The van der Waals surface area contributed by atoms with E-state index >= 15 is 0 Å². The Morgan fingerprint density at radius 1 is 0.850 bits per heavy atom. The number of benzene rings is 2. The molecular formula is C32H48F3NO3Si. The van der Waals surface area contributed by atoms with E-state index in [0.29, 0.717) is 48.1 Å². The molecule has 40 heavy (non-hydrogen) atoms. The molecule has 2 N–H and O–H groups in total. The summed E-state index contributed by atoms with van der Waals surface area (Å²) < 4.78 is 45.9. The van der Waals surface area contributed by atoms with Gasteiger partial charge in [-0.25, -0.2) is 0 Å². The van der Waals surface area contributed by atoms with Crippen molar-refractivity contribution in [2.45, 2.75) is 116 Å². The van der Waals surface area contributed by atoms with Gasteiger partial charge >= 0.3 is 6.18 Å². The number of hydrogen-bond donors (Lipinski definition) is 2. The minimum absolute atomic E-state index is 0.196. The molecule has 0 radical (unpaired) electrons. The van der Waals surface area contributed by atoms with Gasteiger partial charge in [-0.05, 0) is 96.8 Å². The van der Waals surface area contributed by atoms with Gasteiger partial charge in [0.1, 0.15) is 5.75 Å². The van der Waals surface area contributed by atoms with Crippen molar-refractivity contribution < 1.29 is 27.8 Å². The highest BCUT2D eigenvalue weighted by molar-refractivity contribution is 6.78. The second kappa shape index (κ2) is 12.2. The minimum atomic E-state index is -4.40. The molecule has 1 aliphatic rings. The lowest BCUT2D eigenvalue weighted by Crippen LogP contribution is -2.51. The third-order valence-corrected chi connectivity index (χ3v) is 15.2. The maximum atomic E-state index is 13.0. The van der Waals surface area contributed by atoms with E-state index in [4.69, 9.17) is 4.43 Å². The SMILES string of the molecule is Cc1cc(C(O)[C@@H](C)N2CCC(O)(c3ccc(C(F)(F)F)cc3)CC2)cc(C)c1O[Si](C(C)C)(C(C)C)C(C)C. The van der Waals surface area contributed by atoms with Gasteiger partial charge in [-0.2, -0.15) is 13.2 Å². The van der Waals surface area contributed by atoms with Gasteiger partial charge in [0.05, 0.1) is 17.3 Å². The van der Waals surface area contributed by atoms with Crippen LogP contribution in [0.1, 0.15) is 95.2 Å². The Balaban J connectivity index is 1.74. The number of halogens is 3. The van der Waals surface area contributed by atoms with Crippen LogP contribution in [0.25, 0.3) is 0 Å². The zero-order chi connectivity index (χ0) is 30.2. The Bertz CT molecular complexity index is 1090.